The number of aryl methyl sites for hydroxylation is 1. The van der Waals surface area contributed by atoms with Crippen molar-refractivity contribution in [2.75, 3.05) is 18.1 Å². The normalized spacial score (nSPS) is 20.1. The van der Waals surface area contributed by atoms with Crippen LogP contribution in [0.4, 0.5) is 5.69 Å². The van der Waals surface area contributed by atoms with Gasteiger partial charge in [0.2, 0.25) is 15.9 Å². The van der Waals surface area contributed by atoms with Crippen molar-refractivity contribution in [3.8, 4) is 0 Å². The number of amides is 1. The predicted octanol–water partition coefficient (Wildman–Crippen LogP) is 3.11. The maximum Gasteiger partial charge on any atom is 0.241 e. The summed E-state index contributed by atoms with van der Waals surface area (Å²) in [6, 6.07) is 6.10. The van der Waals surface area contributed by atoms with Crippen LogP contribution in [0.1, 0.15) is 47.4 Å². The van der Waals surface area contributed by atoms with Gasteiger partial charge in [0.05, 0.1) is 9.79 Å². The van der Waals surface area contributed by atoms with E-state index in [-0.39, 0.29) is 40.2 Å². The number of sulfone groups is 1. The van der Waals surface area contributed by atoms with Gasteiger partial charge in [-0.05, 0) is 74.6 Å². The van der Waals surface area contributed by atoms with Crippen molar-refractivity contribution in [2.45, 2.75) is 61.2 Å². The number of ketones is 1. The molecule has 1 atom stereocenters. The Kier molecular flexibility index (Phi) is 6.86. The highest BCUT2D eigenvalue weighted by atomic mass is 32.2. The first kappa shape index (κ1) is 25.6. The lowest BCUT2D eigenvalue weighted by molar-refractivity contribution is -0.120. The SMILES string of the molecule is CS(=O)(=O)c1cccc(NC(=O)C2CCc3sc(CC(=O)C4CC4)c(S(=O)(=O)NCC4CC4)c3C2)c1. The van der Waals surface area contributed by atoms with Crippen molar-refractivity contribution in [2.24, 2.45) is 17.8 Å². The van der Waals surface area contributed by atoms with Gasteiger partial charge in [-0.3, -0.25) is 9.59 Å². The molecule has 1 heterocycles. The van der Waals surface area contributed by atoms with Crippen LogP contribution >= 0.6 is 11.3 Å². The first-order valence-corrected chi connectivity index (χ1v) is 16.5. The third kappa shape index (κ3) is 5.74. The molecule has 2 aromatic rings. The van der Waals surface area contributed by atoms with Crippen molar-refractivity contribution in [3.63, 3.8) is 0 Å². The van der Waals surface area contributed by atoms with E-state index in [1.54, 1.807) is 12.1 Å². The van der Waals surface area contributed by atoms with Crippen LogP contribution in [0.3, 0.4) is 0 Å². The van der Waals surface area contributed by atoms with Gasteiger partial charge in [-0.1, -0.05) is 6.07 Å². The lowest BCUT2D eigenvalue weighted by Gasteiger charge is -2.23. The summed E-state index contributed by atoms with van der Waals surface area (Å²) in [7, 11) is -7.23. The Morgan fingerprint density at radius 3 is 2.44 bits per heavy atom. The topological polar surface area (TPSA) is 126 Å². The Hall–Kier alpha value is -2.08. The standard InChI is InChI=1S/C25H30N2O6S3/c1-35(30,31)19-4-2-3-18(12-19)27-25(29)17-9-10-22-20(11-17)24(36(32,33)26-14-15-5-6-15)23(34-22)13-21(28)16-7-8-16/h2-4,12,15-17,26H,5-11,13-14H2,1H3,(H,27,29). The zero-order chi connectivity index (χ0) is 25.7. The number of thiophene rings is 1. The number of hydrogen-bond acceptors (Lipinski definition) is 7. The van der Waals surface area contributed by atoms with E-state index in [4.69, 9.17) is 0 Å². The van der Waals surface area contributed by atoms with Crippen LogP contribution in [0, 0.1) is 17.8 Å². The number of carbonyl (C=O) groups is 2. The third-order valence-corrected chi connectivity index (χ3v) is 11.2. The molecule has 8 nitrogen and oxygen atoms in total. The molecule has 0 bridgehead atoms. The summed E-state index contributed by atoms with van der Waals surface area (Å²) in [6.45, 7) is 0.392. The molecule has 2 saturated carbocycles. The molecular formula is C25H30N2O6S3. The quantitative estimate of drug-likeness (QED) is 0.468. The number of carbonyl (C=O) groups excluding carboxylic acids is 2. The second kappa shape index (κ2) is 9.66. The summed E-state index contributed by atoms with van der Waals surface area (Å²) >= 11 is 1.40. The van der Waals surface area contributed by atoms with Gasteiger partial charge in [0.1, 0.15) is 5.78 Å². The van der Waals surface area contributed by atoms with Crippen molar-refractivity contribution in [1.29, 1.82) is 0 Å². The molecule has 2 N–H and O–H groups in total. The van der Waals surface area contributed by atoms with E-state index in [1.807, 2.05) is 0 Å². The highest BCUT2D eigenvalue weighted by molar-refractivity contribution is 7.90. The molecule has 3 aliphatic carbocycles. The van der Waals surface area contributed by atoms with Gasteiger partial charge in [-0.25, -0.2) is 21.6 Å². The molecule has 3 aliphatic rings. The average molecular weight is 551 g/mol. The molecule has 36 heavy (non-hydrogen) atoms. The molecule has 5 rings (SSSR count). The second-order valence-electron chi connectivity index (χ2n) is 10.2. The summed E-state index contributed by atoms with van der Waals surface area (Å²) < 4.78 is 53.3. The number of fused-ring (bicyclic) bond motifs is 1. The lowest BCUT2D eigenvalue weighted by Crippen LogP contribution is -2.31. The minimum Gasteiger partial charge on any atom is -0.326 e. The van der Waals surface area contributed by atoms with Crippen molar-refractivity contribution in [3.05, 3.63) is 39.6 Å². The molecule has 0 spiro atoms. The minimum atomic E-state index is -3.82. The number of benzene rings is 1. The maximum absolute atomic E-state index is 13.4. The molecule has 11 heteroatoms. The van der Waals surface area contributed by atoms with Gasteiger partial charge in [-0.2, -0.15) is 0 Å². The fourth-order valence-electron chi connectivity index (χ4n) is 4.64. The van der Waals surface area contributed by atoms with Gasteiger partial charge < -0.3 is 5.32 Å². The van der Waals surface area contributed by atoms with Crippen LogP contribution in [-0.4, -0.2) is 41.3 Å². The van der Waals surface area contributed by atoms with E-state index < -0.39 is 25.8 Å². The smallest absolute Gasteiger partial charge is 0.241 e. The van der Waals surface area contributed by atoms with Crippen LogP contribution < -0.4 is 10.0 Å². The summed E-state index contributed by atoms with van der Waals surface area (Å²) in [5, 5.41) is 2.80. The molecule has 1 aromatic heterocycles. The number of nitrogens with one attached hydrogen (secondary N) is 2. The molecule has 2 fully saturated rings. The molecule has 0 radical (unpaired) electrons. The third-order valence-electron chi connectivity index (χ3n) is 7.08. The van der Waals surface area contributed by atoms with Crippen LogP contribution in [-0.2, 0) is 48.7 Å². The van der Waals surface area contributed by atoms with Crippen LogP contribution in [0.25, 0.3) is 0 Å². The van der Waals surface area contributed by atoms with E-state index >= 15 is 0 Å². The first-order valence-electron chi connectivity index (χ1n) is 12.3. The highest BCUT2D eigenvalue weighted by Gasteiger charge is 2.37. The largest absolute Gasteiger partial charge is 0.326 e. The van der Waals surface area contributed by atoms with Gasteiger partial charge in [0.15, 0.2) is 9.84 Å². The molecule has 1 amide bonds. The van der Waals surface area contributed by atoms with Gasteiger partial charge in [0.25, 0.3) is 0 Å². The van der Waals surface area contributed by atoms with Crippen LogP contribution in [0.5, 0.6) is 0 Å². The molecular weight excluding hydrogens is 520 g/mol. The molecule has 1 unspecified atom stereocenters. The second-order valence-corrected chi connectivity index (χ2v) is 15.1. The van der Waals surface area contributed by atoms with Gasteiger partial charge in [-0.15, -0.1) is 11.3 Å². The van der Waals surface area contributed by atoms with Crippen molar-refractivity contribution in [1.82, 2.24) is 4.72 Å². The fourth-order valence-corrected chi connectivity index (χ4v) is 8.59. The van der Waals surface area contributed by atoms with E-state index in [0.29, 0.717) is 41.4 Å². The Morgan fingerprint density at radius 1 is 1.03 bits per heavy atom. The molecule has 0 aliphatic heterocycles. The number of sulfonamides is 1. The number of hydrogen-bond donors (Lipinski definition) is 2. The zero-order valence-electron chi connectivity index (χ0n) is 20.1. The maximum atomic E-state index is 13.4. The van der Waals surface area contributed by atoms with Gasteiger partial charge in [0, 0.05) is 46.5 Å². The molecule has 194 valence electrons. The van der Waals surface area contributed by atoms with Crippen molar-refractivity contribution >= 4 is 48.6 Å². The molecule has 0 saturated heterocycles. The van der Waals surface area contributed by atoms with Gasteiger partial charge >= 0.3 is 0 Å². The Balaban J connectivity index is 1.39. The molecule has 1 aromatic carbocycles. The Morgan fingerprint density at radius 2 is 1.78 bits per heavy atom. The zero-order valence-corrected chi connectivity index (χ0v) is 22.5. The van der Waals surface area contributed by atoms with E-state index in [2.05, 4.69) is 10.0 Å². The predicted molar refractivity (Wildman–Crippen MR) is 137 cm³/mol. The summed E-state index contributed by atoms with van der Waals surface area (Å²) in [4.78, 5) is 27.6. The van der Waals surface area contributed by atoms with E-state index in [1.165, 1.54) is 23.5 Å². The first-order chi connectivity index (χ1) is 17.0. The Bertz CT molecular complexity index is 1420. The summed E-state index contributed by atoms with van der Waals surface area (Å²) in [6.07, 6.45) is 6.37. The summed E-state index contributed by atoms with van der Waals surface area (Å²) in [5.41, 5.74) is 1.03. The van der Waals surface area contributed by atoms with Crippen LogP contribution in [0.15, 0.2) is 34.1 Å². The van der Waals surface area contributed by atoms with E-state index in [0.717, 1.165) is 36.8 Å². The lowest BCUT2D eigenvalue weighted by atomic mass is 9.87. The Labute approximate surface area is 215 Å². The van der Waals surface area contributed by atoms with E-state index in [9.17, 15) is 26.4 Å². The number of rotatable bonds is 10. The highest BCUT2D eigenvalue weighted by Crippen LogP contribution is 2.41. The minimum absolute atomic E-state index is 0.0420. The number of Topliss-reactive ketones (excluding diaryl/α,β-unsaturated/α-hetero) is 1. The monoisotopic (exact) mass is 550 g/mol. The number of anilines is 1. The fraction of sp³-hybridized carbons (Fsp3) is 0.520. The van der Waals surface area contributed by atoms with Crippen LogP contribution in [0.2, 0.25) is 0 Å². The summed E-state index contributed by atoms with van der Waals surface area (Å²) in [5.74, 6) is -0.236. The average Bonchev–Trinajstić information content (AvgIpc) is 3.73. The van der Waals surface area contributed by atoms with Crippen molar-refractivity contribution < 1.29 is 26.4 Å².